The summed E-state index contributed by atoms with van der Waals surface area (Å²) < 4.78 is 15.1. The minimum Gasteiger partial charge on any atom is -0.387 e. The highest BCUT2D eigenvalue weighted by atomic mass is 35.5. The number of carbonyl (C=O) groups is 1. The lowest BCUT2D eigenvalue weighted by molar-refractivity contribution is -0.139. The molecule has 8 nitrogen and oxygen atoms in total. The molecule has 2 saturated heterocycles. The van der Waals surface area contributed by atoms with E-state index in [1.807, 2.05) is 40.9 Å². The van der Waals surface area contributed by atoms with Crippen molar-refractivity contribution in [3.63, 3.8) is 0 Å². The van der Waals surface area contributed by atoms with Gasteiger partial charge in [-0.25, -0.2) is 14.4 Å². The Morgan fingerprint density at radius 2 is 1.84 bits per heavy atom. The molecule has 2 aromatic rings. The first kappa shape index (κ1) is 26.3. The lowest BCUT2D eigenvalue weighted by Gasteiger charge is -2.43. The topological polar surface area (TPSA) is 76.0 Å². The fraction of sp³-hybridized carbons (Fsp3) is 0.593. The summed E-state index contributed by atoms with van der Waals surface area (Å²) in [7, 11) is 3.81. The molecule has 0 saturated carbocycles. The molecule has 200 valence electrons. The molecule has 0 radical (unpaired) electrons. The fourth-order valence-electron chi connectivity index (χ4n) is 6.15. The number of hydrogen-bond donors (Lipinski definition) is 1. The molecule has 5 rings (SSSR count). The van der Waals surface area contributed by atoms with Crippen LogP contribution in [-0.2, 0) is 4.79 Å². The number of rotatable bonds is 5. The molecule has 0 spiro atoms. The van der Waals surface area contributed by atoms with Gasteiger partial charge in [0, 0.05) is 55.9 Å². The van der Waals surface area contributed by atoms with Crippen LogP contribution in [0.15, 0.2) is 30.6 Å². The van der Waals surface area contributed by atoms with Gasteiger partial charge in [-0.2, -0.15) is 0 Å². The number of piperazine rings is 1. The zero-order chi connectivity index (χ0) is 26.3. The Kier molecular flexibility index (Phi) is 7.68. The second-order valence-corrected chi connectivity index (χ2v) is 11.2. The Morgan fingerprint density at radius 1 is 1.14 bits per heavy atom. The monoisotopic (exact) mass is 530 g/mol. The van der Waals surface area contributed by atoms with E-state index in [4.69, 9.17) is 11.6 Å². The number of halogens is 2. The number of hydrogen-bond acceptors (Lipinski definition) is 7. The number of anilines is 1. The highest BCUT2D eigenvalue weighted by Gasteiger charge is 2.40. The van der Waals surface area contributed by atoms with Crippen molar-refractivity contribution >= 4 is 23.3 Å². The second kappa shape index (κ2) is 10.8. The Labute approximate surface area is 223 Å². The molecule has 10 heteroatoms. The minimum atomic E-state index is -1.03. The number of benzene rings is 1. The van der Waals surface area contributed by atoms with Crippen LogP contribution in [0.3, 0.4) is 0 Å². The van der Waals surface area contributed by atoms with Crippen LogP contribution in [0.5, 0.6) is 0 Å². The van der Waals surface area contributed by atoms with E-state index in [0.29, 0.717) is 50.6 Å². The number of piperidine rings is 1. The molecule has 1 N–H and O–H groups in total. The Hall–Kier alpha value is -2.33. The van der Waals surface area contributed by atoms with E-state index in [1.54, 1.807) is 12.1 Å². The van der Waals surface area contributed by atoms with Crippen LogP contribution >= 0.6 is 11.6 Å². The summed E-state index contributed by atoms with van der Waals surface area (Å²) in [5.74, 6) is 1.05. The van der Waals surface area contributed by atoms with Gasteiger partial charge < -0.3 is 19.8 Å². The van der Waals surface area contributed by atoms with Crippen LogP contribution in [0.4, 0.5) is 10.2 Å². The normalized spacial score (nSPS) is 27.4. The number of carbonyl (C=O) groups excluding carboxylic acids is 1. The smallest absolute Gasteiger partial charge is 0.244 e. The maximum atomic E-state index is 15.1. The third-order valence-corrected chi connectivity index (χ3v) is 8.41. The van der Waals surface area contributed by atoms with Crippen molar-refractivity contribution < 1.29 is 14.3 Å². The maximum Gasteiger partial charge on any atom is 0.244 e. The maximum absolute atomic E-state index is 15.1. The number of fused-ring (bicyclic) bond motifs is 1. The Morgan fingerprint density at radius 3 is 2.49 bits per heavy atom. The summed E-state index contributed by atoms with van der Waals surface area (Å²) in [4.78, 5) is 30.9. The fourth-order valence-corrected chi connectivity index (χ4v) is 6.28. The predicted molar refractivity (Wildman–Crippen MR) is 142 cm³/mol. The van der Waals surface area contributed by atoms with Gasteiger partial charge in [0.15, 0.2) is 0 Å². The highest BCUT2D eigenvalue weighted by Crippen LogP contribution is 2.43. The standard InChI is InChI=1S/C27H36ClFN6O2/c1-17-14-22(36)24-23(17)26(31-16-30-24)33-10-12-34(13-11-33)27(37)25(18-4-6-19(28)7-5-18)35-9-8-21(32(2)3)20(29)15-35/h4-7,16-17,20-22,25,36H,8-15H2,1-3H3/t17-,20?,21?,22-,25?/m1/s1. The molecule has 3 heterocycles. The number of nitrogens with zero attached hydrogens (tertiary/aromatic N) is 6. The zero-order valence-corrected chi connectivity index (χ0v) is 22.5. The molecule has 1 amide bonds. The lowest BCUT2D eigenvalue weighted by atomic mass is 9.96. The van der Waals surface area contributed by atoms with Crippen molar-refractivity contribution in [2.45, 2.75) is 50.0 Å². The van der Waals surface area contributed by atoms with Crippen molar-refractivity contribution in [3.8, 4) is 0 Å². The summed E-state index contributed by atoms with van der Waals surface area (Å²) in [6, 6.07) is 6.65. The average Bonchev–Trinajstić information content (AvgIpc) is 3.18. The van der Waals surface area contributed by atoms with Gasteiger partial charge in [0.2, 0.25) is 5.91 Å². The Bertz CT molecular complexity index is 1110. The largest absolute Gasteiger partial charge is 0.387 e. The van der Waals surface area contributed by atoms with Gasteiger partial charge in [-0.15, -0.1) is 0 Å². The third-order valence-electron chi connectivity index (χ3n) is 8.16. The molecule has 3 unspecified atom stereocenters. The van der Waals surface area contributed by atoms with Gasteiger partial charge in [-0.1, -0.05) is 30.7 Å². The third kappa shape index (κ3) is 5.19. The van der Waals surface area contributed by atoms with Gasteiger partial charge >= 0.3 is 0 Å². The van der Waals surface area contributed by atoms with Crippen LogP contribution in [0, 0.1) is 0 Å². The number of amides is 1. The van der Waals surface area contributed by atoms with Crippen molar-refractivity contribution in [1.82, 2.24) is 24.7 Å². The van der Waals surface area contributed by atoms with E-state index in [2.05, 4.69) is 21.8 Å². The number of likely N-dealkylation sites (tertiary alicyclic amines) is 1. The number of aromatic nitrogens is 2. The molecular formula is C27H36ClFN6O2. The quantitative estimate of drug-likeness (QED) is 0.637. The van der Waals surface area contributed by atoms with E-state index >= 15 is 4.39 Å². The zero-order valence-electron chi connectivity index (χ0n) is 21.7. The van der Waals surface area contributed by atoms with Crippen LogP contribution < -0.4 is 4.90 Å². The van der Waals surface area contributed by atoms with Crippen molar-refractivity contribution in [3.05, 3.63) is 52.4 Å². The summed E-state index contributed by atoms with van der Waals surface area (Å²) in [6.07, 6.45) is 1.27. The molecule has 5 atom stereocenters. The van der Waals surface area contributed by atoms with E-state index in [0.717, 1.165) is 22.6 Å². The van der Waals surface area contributed by atoms with Crippen LogP contribution in [0.1, 0.15) is 54.6 Å². The molecular weight excluding hydrogens is 495 g/mol. The first-order valence-corrected chi connectivity index (χ1v) is 13.5. The predicted octanol–water partition coefficient (Wildman–Crippen LogP) is 3.03. The van der Waals surface area contributed by atoms with Gasteiger partial charge in [0.25, 0.3) is 0 Å². The summed E-state index contributed by atoms with van der Waals surface area (Å²) in [5.41, 5.74) is 2.58. The summed E-state index contributed by atoms with van der Waals surface area (Å²) in [6.45, 7) is 5.33. The van der Waals surface area contributed by atoms with Gasteiger partial charge in [-0.05, 0) is 50.6 Å². The molecule has 0 bridgehead atoms. The number of alkyl halides is 1. The van der Waals surface area contributed by atoms with E-state index < -0.39 is 18.3 Å². The molecule has 1 aromatic heterocycles. The van der Waals surface area contributed by atoms with Crippen LogP contribution in [0.2, 0.25) is 5.02 Å². The number of aliphatic hydroxyl groups excluding tert-OH is 1. The molecule has 2 aliphatic heterocycles. The molecule has 1 aromatic carbocycles. The van der Waals surface area contributed by atoms with Crippen molar-refractivity contribution in [2.24, 2.45) is 0 Å². The molecule has 1 aliphatic carbocycles. The van der Waals surface area contributed by atoms with Crippen LogP contribution in [-0.4, -0.2) is 101 Å². The average molecular weight is 531 g/mol. The number of aliphatic hydroxyl groups is 1. The first-order valence-electron chi connectivity index (χ1n) is 13.1. The molecule has 3 aliphatic rings. The SMILES string of the molecule is C[C@@H]1C[C@@H](O)c2ncnc(N3CCN(C(=O)C(c4ccc(Cl)cc4)N4CCC(N(C)C)C(F)C4)CC3)c21. The lowest BCUT2D eigenvalue weighted by Crippen LogP contribution is -2.56. The van der Waals surface area contributed by atoms with Gasteiger partial charge in [0.05, 0.1) is 11.8 Å². The minimum absolute atomic E-state index is 0.00539. The Balaban J connectivity index is 1.33. The molecule has 37 heavy (non-hydrogen) atoms. The van der Waals surface area contributed by atoms with E-state index in [9.17, 15) is 9.90 Å². The van der Waals surface area contributed by atoms with Gasteiger partial charge in [-0.3, -0.25) is 9.69 Å². The van der Waals surface area contributed by atoms with Crippen molar-refractivity contribution in [1.29, 1.82) is 0 Å². The van der Waals surface area contributed by atoms with Gasteiger partial charge in [0.1, 0.15) is 24.4 Å². The van der Waals surface area contributed by atoms with Crippen LogP contribution in [0.25, 0.3) is 0 Å². The van der Waals surface area contributed by atoms with Crippen molar-refractivity contribution in [2.75, 3.05) is 58.3 Å². The summed E-state index contributed by atoms with van der Waals surface area (Å²) in [5, 5.41) is 11.0. The second-order valence-electron chi connectivity index (χ2n) is 10.7. The highest BCUT2D eigenvalue weighted by molar-refractivity contribution is 6.30. The van der Waals surface area contributed by atoms with E-state index in [1.165, 1.54) is 6.33 Å². The molecule has 2 fully saturated rings. The first-order chi connectivity index (χ1) is 17.7. The van der Waals surface area contributed by atoms with E-state index in [-0.39, 0.29) is 24.4 Å². The summed E-state index contributed by atoms with van der Waals surface area (Å²) >= 11 is 6.14.